The lowest BCUT2D eigenvalue weighted by molar-refractivity contribution is -0.121. The fourth-order valence-electron chi connectivity index (χ4n) is 4.85. The number of fused-ring (bicyclic) bond motifs is 1. The van der Waals surface area contributed by atoms with E-state index >= 15 is 0 Å². The van der Waals surface area contributed by atoms with Crippen molar-refractivity contribution in [3.05, 3.63) is 41.0 Å². The van der Waals surface area contributed by atoms with Gasteiger partial charge in [0.15, 0.2) is 0 Å². The Morgan fingerprint density at radius 1 is 0.778 bits per heavy atom. The van der Waals surface area contributed by atoms with Crippen LogP contribution in [0.5, 0.6) is 0 Å². The lowest BCUT2D eigenvalue weighted by atomic mass is 9.79. The summed E-state index contributed by atoms with van der Waals surface area (Å²) in [5.74, 6) is -1.35. The number of hydrogen-bond donors (Lipinski definition) is 2. The maximum Gasteiger partial charge on any atom is 0.234 e. The Morgan fingerprint density at radius 3 is 1.83 bits per heavy atom. The largest absolute Gasteiger partial charge is 0.507 e. The number of aliphatic hydroxyl groups excluding tert-OH is 1. The van der Waals surface area contributed by atoms with Gasteiger partial charge in [-0.1, -0.05) is 122 Å². The van der Waals surface area contributed by atoms with Crippen LogP contribution in [-0.2, 0) is 9.59 Å². The lowest BCUT2D eigenvalue weighted by Crippen LogP contribution is -2.36. The van der Waals surface area contributed by atoms with Gasteiger partial charge >= 0.3 is 0 Å². The van der Waals surface area contributed by atoms with E-state index in [4.69, 9.17) is 0 Å². The first kappa shape index (κ1) is 29.8. The van der Waals surface area contributed by atoms with Crippen LogP contribution in [0.2, 0.25) is 0 Å². The van der Waals surface area contributed by atoms with Gasteiger partial charge in [-0.15, -0.1) is 0 Å². The van der Waals surface area contributed by atoms with Crippen LogP contribution in [0.15, 0.2) is 29.8 Å². The van der Waals surface area contributed by atoms with Crippen LogP contribution < -0.4 is 5.32 Å². The number of aliphatic hydroxyl groups is 1. The highest BCUT2D eigenvalue weighted by molar-refractivity contribution is 6.52. The van der Waals surface area contributed by atoms with Gasteiger partial charge < -0.3 is 10.4 Å². The van der Waals surface area contributed by atoms with Gasteiger partial charge in [0, 0.05) is 29.7 Å². The van der Waals surface area contributed by atoms with Crippen molar-refractivity contribution in [2.75, 3.05) is 6.54 Å². The van der Waals surface area contributed by atoms with Gasteiger partial charge in [0.05, 0.1) is 0 Å². The quantitative estimate of drug-likeness (QED) is 0.160. The zero-order valence-corrected chi connectivity index (χ0v) is 22.8. The summed E-state index contributed by atoms with van der Waals surface area (Å²) in [5, 5.41) is 13.6. The first-order chi connectivity index (χ1) is 17.3. The Labute approximate surface area is 218 Å². The number of rotatable bonds is 18. The van der Waals surface area contributed by atoms with E-state index in [1.165, 1.54) is 70.6 Å². The predicted molar refractivity (Wildman–Crippen MR) is 147 cm³/mol. The highest BCUT2D eigenvalue weighted by Crippen LogP contribution is 2.34. The first-order valence-electron chi connectivity index (χ1n) is 14.1. The number of Topliss-reactive ketones (excluding diaryl/α,β-unsaturated/α-hetero) is 2. The van der Waals surface area contributed by atoms with Gasteiger partial charge in [-0.3, -0.25) is 14.4 Å². The summed E-state index contributed by atoms with van der Waals surface area (Å²) in [7, 11) is 0. The topological polar surface area (TPSA) is 83.5 Å². The summed E-state index contributed by atoms with van der Waals surface area (Å²) in [6.45, 7) is 6.49. The lowest BCUT2D eigenvalue weighted by Gasteiger charge is -2.28. The fourth-order valence-corrected chi connectivity index (χ4v) is 4.85. The molecule has 200 valence electrons. The van der Waals surface area contributed by atoms with E-state index in [0.717, 1.165) is 12.8 Å². The number of carbonyl (C=O) groups is 3. The number of nitrogens with one attached hydrogen (secondary N) is 1. The van der Waals surface area contributed by atoms with Crippen molar-refractivity contribution in [1.29, 1.82) is 0 Å². The second-order valence-electron chi connectivity index (χ2n) is 11.1. The minimum Gasteiger partial charge on any atom is -0.507 e. The molecule has 1 amide bonds. The van der Waals surface area contributed by atoms with Gasteiger partial charge in [0.25, 0.3) is 0 Å². The molecule has 0 fully saturated rings. The van der Waals surface area contributed by atoms with E-state index in [1.54, 1.807) is 24.3 Å². The van der Waals surface area contributed by atoms with Gasteiger partial charge in [-0.2, -0.15) is 0 Å². The molecule has 1 aromatic carbocycles. The third-order valence-electron chi connectivity index (χ3n) is 7.12. The molecule has 1 aliphatic rings. The zero-order chi connectivity index (χ0) is 26.4. The molecule has 2 N–H and O–H groups in total. The summed E-state index contributed by atoms with van der Waals surface area (Å²) in [6.07, 6.45) is 17.3. The highest BCUT2D eigenvalue weighted by atomic mass is 16.3. The monoisotopic (exact) mass is 497 g/mol. The summed E-state index contributed by atoms with van der Waals surface area (Å²) >= 11 is 0. The maximum absolute atomic E-state index is 12.6. The van der Waals surface area contributed by atoms with Crippen molar-refractivity contribution < 1.29 is 19.5 Å². The molecule has 0 aromatic heterocycles. The molecule has 0 heterocycles. The SMILES string of the molecule is CCCCCCCCCCCCCCCC(=O)NCC(C)(C)CC1=C(O)c2ccccc2C(=O)C1=O. The Kier molecular flexibility index (Phi) is 12.9. The number of benzene rings is 1. The minimum atomic E-state index is -0.655. The number of allylic oxidation sites excluding steroid dienone is 1. The third kappa shape index (κ3) is 9.91. The van der Waals surface area contributed by atoms with Crippen molar-refractivity contribution in [2.24, 2.45) is 5.41 Å². The smallest absolute Gasteiger partial charge is 0.234 e. The second-order valence-corrected chi connectivity index (χ2v) is 11.1. The summed E-state index contributed by atoms with van der Waals surface area (Å²) in [5.41, 5.74) is 0.304. The molecule has 5 heteroatoms. The average molecular weight is 498 g/mol. The molecule has 0 bridgehead atoms. The zero-order valence-electron chi connectivity index (χ0n) is 22.8. The summed E-state index contributed by atoms with van der Waals surface area (Å²) < 4.78 is 0. The molecule has 36 heavy (non-hydrogen) atoms. The number of carbonyl (C=O) groups excluding carboxylic acids is 3. The van der Waals surface area contributed by atoms with Gasteiger partial charge in [0.2, 0.25) is 17.5 Å². The number of amides is 1. The van der Waals surface area contributed by atoms with Crippen LogP contribution in [0.1, 0.15) is 133 Å². The molecule has 0 saturated carbocycles. The van der Waals surface area contributed by atoms with E-state index in [0.29, 0.717) is 18.5 Å². The van der Waals surface area contributed by atoms with Crippen LogP contribution in [0.3, 0.4) is 0 Å². The minimum absolute atomic E-state index is 0.0146. The molecule has 0 radical (unpaired) electrons. The summed E-state index contributed by atoms with van der Waals surface area (Å²) in [6, 6.07) is 6.63. The Balaban J connectivity index is 1.61. The van der Waals surface area contributed by atoms with Crippen molar-refractivity contribution in [2.45, 2.75) is 117 Å². The van der Waals surface area contributed by atoms with Gasteiger partial charge in [-0.25, -0.2) is 0 Å². The van der Waals surface area contributed by atoms with E-state index in [-0.39, 0.29) is 29.2 Å². The third-order valence-corrected chi connectivity index (χ3v) is 7.12. The number of unbranched alkanes of at least 4 members (excludes halogenated alkanes) is 12. The van der Waals surface area contributed by atoms with Gasteiger partial charge in [0.1, 0.15) is 5.76 Å². The molecule has 0 unspecified atom stereocenters. The standard InChI is InChI=1S/C31H47NO4/c1-4-5-6-7-8-9-10-11-12-13-14-15-16-21-27(33)32-23-31(2,3)22-26-28(34)24-19-17-18-20-25(24)29(35)30(26)36/h17-20,34H,4-16,21-23H2,1-3H3,(H,32,33). The van der Waals surface area contributed by atoms with Crippen molar-refractivity contribution in [3.63, 3.8) is 0 Å². The Hall–Kier alpha value is -2.43. The van der Waals surface area contributed by atoms with E-state index in [1.807, 2.05) is 13.8 Å². The van der Waals surface area contributed by atoms with Crippen LogP contribution in [-0.4, -0.2) is 29.1 Å². The maximum atomic E-state index is 12.6. The fraction of sp³-hybridized carbons (Fsp3) is 0.645. The molecule has 0 spiro atoms. The van der Waals surface area contributed by atoms with Gasteiger partial charge in [-0.05, 0) is 18.3 Å². The van der Waals surface area contributed by atoms with Crippen molar-refractivity contribution >= 4 is 23.2 Å². The van der Waals surface area contributed by atoms with Crippen LogP contribution in [0.25, 0.3) is 5.76 Å². The molecule has 5 nitrogen and oxygen atoms in total. The number of hydrogen-bond acceptors (Lipinski definition) is 4. The predicted octanol–water partition coefficient (Wildman–Crippen LogP) is 7.73. The normalized spacial score (nSPS) is 13.8. The molecule has 0 atom stereocenters. The van der Waals surface area contributed by atoms with E-state index < -0.39 is 17.0 Å². The first-order valence-corrected chi connectivity index (χ1v) is 14.1. The molecule has 2 rings (SSSR count). The molecule has 0 aliphatic heterocycles. The van der Waals surface area contributed by atoms with Crippen LogP contribution in [0, 0.1) is 5.41 Å². The molecule has 1 aliphatic carbocycles. The van der Waals surface area contributed by atoms with Crippen molar-refractivity contribution in [3.8, 4) is 0 Å². The number of ketones is 2. The van der Waals surface area contributed by atoms with E-state index in [9.17, 15) is 19.5 Å². The Morgan fingerprint density at radius 2 is 1.28 bits per heavy atom. The Bertz CT molecular complexity index is 900. The molecular formula is C31H47NO4. The van der Waals surface area contributed by atoms with Crippen LogP contribution >= 0.6 is 0 Å². The molecule has 1 aromatic rings. The highest BCUT2D eigenvalue weighted by Gasteiger charge is 2.35. The van der Waals surface area contributed by atoms with Crippen molar-refractivity contribution in [1.82, 2.24) is 5.32 Å². The average Bonchev–Trinajstić information content (AvgIpc) is 2.87. The van der Waals surface area contributed by atoms with E-state index in [2.05, 4.69) is 12.2 Å². The second kappa shape index (κ2) is 15.6. The molecule has 0 saturated heterocycles. The van der Waals surface area contributed by atoms with Crippen LogP contribution in [0.4, 0.5) is 0 Å². The summed E-state index contributed by atoms with van der Waals surface area (Å²) in [4.78, 5) is 37.4. The molecular weight excluding hydrogens is 450 g/mol.